The number of carbonyl (C=O) groups is 1. The van der Waals surface area contributed by atoms with E-state index in [1.165, 1.54) is 4.90 Å². The molecule has 0 aliphatic carbocycles. The van der Waals surface area contributed by atoms with Crippen LogP contribution in [0.25, 0.3) is 12.2 Å². The summed E-state index contributed by atoms with van der Waals surface area (Å²) in [7, 11) is 1.63. The molecule has 1 saturated heterocycles. The first-order valence-corrected chi connectivity index (χ1v) is 8.26. The first-order valence-electron chi connectivity index (χ1n) is 8.26. The van der Waals surface area contributed by atoms with Crippen molar-refractivity contribution in [3.63, 3.8) is 0 Å². The van der Waals surface area contributed by atoms with E-state index in [2.05, 4.69) is 10.1 Å². The normalized spacial score (nSPS) is 15.6. The second-order valence-electron chi connectivity index (χ2n) is 6.08. The first-order chi connectivity index (χ1) is 12.1. The van der Waals surface area contributed by atoms with Crippen LogP contribution in [0.15, 0.2) is 28.8 Å². The highest BCUT2D eigenvalue weighted by molar-refractivity contribution is 5.66. The van der Waals surface area contributed by atoms with Crippen molar-refractivity contribution in [1.82, 2.24) is 15.0 Å². The Morgan fingerprint density at radius 2 is 2.20 bits per heavy atom. The molecule has 0 bridgehead atoms. The van der Waals surface area contributed by atoms with E-state index < -0.39 is 6.09 Å². The predicted octanol–water partition coefficient (Wildman–Crippen LogP) is 3.18. The Morgan fingerprint density at radius 3 is 2.92 bits per heavy atom. The zero-order chi connectivity index (χ0) is 17.6. The van der Waals surface area contributed by atoms with Gasteiger partial charge in [0.25, 0.3) is 5.89 Å². The molecule has 0 atom stereocenters. The van der Waals surface area contributed by atoms with Crippen molar-refractivity contribution in [1.29, 1.82) is 0 Å². The van der Waals surface area contributed by atoms with E-state index in [0.717, 1.165) is 24.2 Å². The summed E-state index contributed by atoms with van der Waals surface area (Å²) in [6.07, 6.45) is 5.20. The molecular formula is C18H21N3O4. The molecule has 0 spiro atoms. The maximum absolute atomic E-state index is 10.9. The van der Waals surface area contributed by atoms with Gasteiger partial charge in [-0.05, 0) is 42.5 Å². The molecule has 7 heteroatoms. The van der Waals surface area contributed by atoms with Gasteiger partial charge in [0.1, 0.15) is 5.75 Å². The number of benzene rings is 1. The molecular weight excluding hydrogens is 322 g/mol. The van der Waals surface area contributed by atoms with Crippen LogP contribution in [0, 0.1) is 5.92 Å². The molecule has 0 unspecified atom stereocenters. The van der Waals surface area contributed by atoms with Gasteiger partial charge in [-0.1, -0.05) is 17.3 Å². The van der Waals surface area contributed by atoms with Crippen LogP contribution in [0.3, 0.4) is 0 Å². The van der Waals surface area contributed by atoms with Crippen LogP contribution in [0.4, 0.5) is 4.79 Å². The van der Waals surface area contributed by atoms with Gasteiger partial charge in [-0.15, -0.1) is 0 Å². The molecule has 1 aliphatic rings. The highest BCUT2D eigenvalue weighted by atomic mass is 16.5. The van der Waals surface area contributed by atoms with Crippen LogP contribution < -0.4 is 4.74 Å². The lowest BCUT2D eigenvalue weighted by Crippen LogP contribution is -2.37. The monoisotopic (exact) mass is 343 g/mol. The Labute approximate surface area is 145 Å². The maximum Gasteiger partial charge on any atom is 0.407 e. The van der Waals surface area contributed by atoms with E-state index in [9.17, 15) is 4.79 Å². The van der Waals surface area contributed by atoms with Crippen molar-refractivity contribution in [3.8, 4) is 5.75 Å². The SMILES string of the molecule is COc1cccc(/C=C/c2nc(CC3CCN(C(=O)O)CC3)no2)c1. The molecule has 25 heavy (non-hydrogen) atoms. The van der Waals surface area contributed by atoms with Crippen LogP contribution in [-0.4, -0.2) is 46.4 Å². The predicted molar refractivity (Wildman–Crippen MR) is 92.2 cm³/mol. The van der Waals surface area contributed by atoms with Crippen LogP contribution in [0.2, 0.25) is 0 Å². The number of hydrogen-bond acceptors (Lipinski definition) is 5. The van der Waals surface area contributed by atoms with Gasteiger partial charge in [0, 0.05) is 25.6 Å². The Morgan fingerprint density at radius 1 is 1.40 bits per heavy atom. The van der Waals surface area contributed by atoms with Crippen molar-refractivity contribution in [3.05, 3.63) is 41.5 Å². The fourth-order valence-electron chi connectivity index (χ4n) is 2.92. The number of piperidine rings is 1. The number of amides is 1. The Hall–Kier alpha value is -2.83. The fraction of sp³-hybridized carbons (Fsp3) is 0.389. The molecule has 0 radical (unpaired) electrons. The zero-order valence-corrected chi connectivity index (χ0v) is 14.1. The van der Waals surface area contributed by atoms with E-state index >= 15 is 0 Å². The number of ether oxygens (including phenoxy) is 1. The standard InChI is InChI=1S/C18H21N3O4/c1-24-15-4-2-3-13(11-15)5-6-17-19-16(20-25-17)12-14-7-9-21(10-8-14)18(22)23/h2-6,11,14H,7-10,12H2,1H3,(H,22,23)/b6-5+. The lowest BCUT2D eigenvalue weighted by atomic mass is 9.93. The lowest BCUT2D eigenvalue weighted by Gasteiger charge is -2.29. The molecule has 2 heterocycles. The van der Waals surface area contributed by atoms with Crippen molar-refractivity contribution in [2.45, 2.75) is 19.3 Å². The van der Waals surface area contributed by atoms with E-state index in [4.69, 9.17) is 14.4 Å². The van der Waals surface area contributed by atoms with Gasteiger partial charge in [-0.2, -0.15) is 4.98 Å². The maximum atomic E-state index is 10.9. The third-order valence-corrected chi connectivity index (χ3v) is 4.35. The second kappa shape index (κ2) is 7.83. The first kappa shape index (κ1) is 17.0. The highest BCUT2D eigenvalue weighted by Gasteiger charge is 2.23. The largest absolute Gasteiger partial charge is 0.497 e. The highest BCUT2D eigenvalue weighted by Crippen LogP contribution is 2.21. The molecule has 1 aliphatic heterocycles. The van der Waals surface area contributed by atoms with Gasteiger partial charge in [-0.25, -0.2) is 4.79 Å². The van der Waals surface area contributed by atoms with E-state index in [-0.39, 0.29) is 0 Å². The van der Waals surface area contributed by atoms with Gasteiger partial charge in [0.05, 0.1) is 7.11 Å². The second-order valence-corrected chi connectivity index (χ2v) is 6.08. The van der Waals surface area contributed by atoms with E-state index in [1.54, 1.807) is 13.2 Å². The van der Waals surface area contributed by atoms with Gasteiger partial charge in [-0.3, -0.25) is 0 Å². The summed E-state index contributed by atoms with van der Waals surface area (Å²) < 4.78 is 10.5. The van der Waals surface area contributed by atoms with Crippen molar-refractivity contribution < 1.29 is 19.2 Å². The molecule has 1 amide bonds. The molecule has 1 aromatic heterocycles. The summed E-state index contributed by atoms with van der Waals surface area (Å²) >= 11 is 0. The average Bonchev–Trinajstić information content (AvgIpc) is 3.08. The zero-order valence-electron chi connectivity index (χ0n) is 14.1. The minimum atomic E-state index is -0.844. The molecule has 3 rings (SSSR count). The van der Waals surface area contributed by atoms with Crippen molar-refractivity contribution in [2.24, 2.45) is 5.92 Å². The molecule has 1 N–H and O–H groups in total. The van der Waals surface area contributed by atoms with Crippen LogP contribution >= 0.6 is 0 Å². The number of rotatable bonds is 5. The number of aromatic nitrogens is 2. The molecule has 132 valence electrons. The van der Waals surface area contributed by atoms with Gasteiger partial charge in [0.15, 0.2) is 5.82 Å². The summed E-state index contributed by atoms with van der Waals surface area (Å²) in [6.45, 7) is 1.14. The lowest BCUT2D eigenvalue weighted by molar-refractivity contribution is 0.124. The summed E-state index contributed by atoms with van der Waals surface area (Å²) in [6, 6.07) is 7.69. The van der Waals surface area contributed by atoms with Crippen molar-refractivity contribution in [2.75, 3.05) is 20.2 Å². The summed E-state index contributed by atoms with van der Waals surface area (Å²) in [5.41, 5.74) is 0.986. The van der Waals surface area contributed by atoms with Gasteiger partial charge < -0.3 is 19.3 Å². The summed E-state index contributed by atoms with van der Waals surface area (Å²) in [5, 5.41) is 13.0. The van der Waals surface area contributed by atoms with Gasteiger partial charge in [0.2, 0.25) is 0 Å². The fourth-order valence-corrected chi connectivity index (χ4v) is 2.92. The molecule has 1 aromatic carbocycles. The van der Waals surface area contributed by atoms with E-state index in [0.29, 0.717) is 37.1 Å². The molecule has 0 saturated carbocycles. The van der Waals surface area contributed by atoms with E-state index in [1.807, 2.05) is 30.3 Å². The Kier molecular flexibility index (Phi) is 5.33. The third-order valence-electron chi connectivity index (χ3n) is 4.35. The number of hydrogen-bond donors (Lipinski definition) is 1. The quantitative estimate of drug-likeness (QED) is 0.897. The molecule has 2 aromatic rings. The summed E-state index contributed by atoms with van der Waals surface area (Å²) in [5.74, 6) is 2.31. The summed E-state index contributed by atoms with van der Waals surface area (Å²) in [4.78, 5) is 16.8. The van der Waals surface area contributed by atoms with Crippen molar-refractivity contribution >= 4 is 18.2 Å². The third kappa shape index (κ3) is 4.59. The van der Waals surface area contributed by atoms with Crippen LogP contribution in [-0.2, 0) is 6.42 Å². The Bertz CT molecular complexity index is 748. The number of likely N-dealkylation sites (tertiary alicyclic amines) is 1. The smallest absolute Gasteiger partial charge is 0.407 e. The minimum absolute atomic E-state index is 0.392. The average molecular weight is 343 g/mol. The van der Waals surface area contributed by atoms with Crippen LogP contribution in [0.5, 0.6) is 5.75 Å². The number of methoxy groups -OCH3 is 1. The number of carboxylic acid groups (broad SMARTS) is 1. The Balaban J connectivity index is 1.55. The van der Waals surface area contributed by atoms with Gasteiger partial charge >= 0.3 is 6.09 Å². The topological polar surface area (TPSA) is 88.7 Å². The van der Waals surface area contributed by atoms with Crippen LogP contribution in [0.1, 0.15) is 30.1 Å². The number of nitrogens with zero attached hydrogens (tertiary/aromatic N) is 3. The molecule has 1 fully saturated rings. The minimum Gasteiger partial charge on any atom is -0.497 e. The molecule has 7 nitrogen and oxygen atoms in total.